The Hall–Kier alpha value is -3.49. The molecule has 0 aliphatic carbocycles. The third-order valence-corrected chi connectivity index (χ3v) is 6.09. The van der Waals surface area contributed by atoms with Crippen LogP contribution >= 0.6 is 0 Å². The van der Waals surface area contributed by atoms with E-state index in [-0.39, 0.29) is 42.5 Å². The zero-order chi connectivity index (χ0) is 22.1. The Bertz CT molecular complexity index is 1070. The van der Waals surface area contributed by atoms with Crippen LogP contribution in [0.2, 0.25) is 0 Å². The summed E-state index contributed by atoms with van der Waals surface area (Å²) >= 11 is 0. The van der Waals surface area contributed by atoms with Gasteiger partial charge in [0.05, 0.1) is 12.0 Å². The van der Waals surface area contributed by atoms with Crippen LogP contribution in [0.5, 0.6) is 0 Å². The zero-order valence-corrected chi connectivity index (χ0v) is 17.7. The summed E-state index contributed by atoms with van der Waals surface area (Å²) in [5.74, 6) is -0.392. The van der Waals surface area contributed by atoms with Crippen molar-refractivity contribution in [2.24, 2.45) is 0 Å². The first-order valence-electron chi connectivity index (χ1n) is 10.4. The van der Waals surface area contributed by atoms with Crippen LogP contribution in [0.1, 0.15) is 24.1 Å². The molecule has 3 heterocycles. The molecule has 31 heavy (non-hydrogen) atoms. The monoisotopic (exact) mass is 423 g/mol. The fourth-order valence-electron chi connectivity index (χ4n) is 4.10. The van der Waals surface area contributed by atoms with Gasteiger partial charge in [-0.05, 0) is 38.8 Å². The minimum Gasteiger partial charge on any atom is -0.341 e. The number of carbonyl (C=O) groups excluding carboxylic acids is 3. The quantitative estimate of drug-likeness (QED) is 0.691. The number of hydrogen-bond acceptors (Lipinski definition) is 5. The number of para-hydroxylation sites is 1. The number of urea groups is 1. The molecule has 2 fully saturated rings. The second-order valence-corrected chi connectivity index (χ2v) is 7.98. The number of nitrogens with zero attached hydrogens (tertiary/aromatic N) is 5. The average molecular weight is 423 g/mol. The number of anilines is 1. The van der Waals surface area contributed by atoms with E-state index < -0.39 is 0 Å². The molecule has 0 spiro atoms. The smallest absolute Gasteiger partial charge is 0.332 e. The number of imide groups is 1. The third kappa shape index (κ3) is 3.95. The van der Waals surface area contributed by atoms with E-state index in [0.29, 0.717) is 42.9 Å². The third-order valence-electron chi connectivity index (χ3n) is 6.09. The zero-order valence-electron chi connectivity index (χ0n) is 17.7. The average Bonchev–Trinajstić information content (AvgIpc) is 3.08. The summed E-state index contributed by atoms with van der Waals surface area (Å²) in [6, 6.07) is 8.49. The van der Waals surface area contributed by atoms with Crippen LogP contribution in [-0.4, -0.2) is 62.9 Å². The van der Waals surface area contributed by atoms with Gasteiger partial charge in [0.1, 0.15) is 13.1 Å². The number of aryl methyl sites for hydroxylation is 1. The van der Waals surface area contributed by atoms with Crippen LogP contribution in [0.3, 0.4) is 0 Å². The summed E-state index contributed by atoms with van der Waals surface area (Å²) in [6.07, 6.45) is 2.59. The van der Waals surface area contributed by atoms with Gasteiger partial charge < -0.3 is 9.80 Å². The first-order chi connectivity index (χ1) is 14.9. The maximum atomic E-state index is 12.9. The highest BCUT2D eigenvalue weighted by Crippen LogP contribution is 2.26. The molecule has 9 heteroatoms. The highest BCUT2D eigenvalue weighted by Gasteiger charge is 2.41. The summed E-state index contributed by atoms with van der Waals surface area (Å²) in [4.78, 5) is 59.0. The number of hydrogen-bond donors (Lipinski definition) is 0. The molecular weight excluding hydrogens is 398 g/mol. The van der Waals surface area contributed by atoms with Gasteiger partial charge in [-0.2, -0.15) is 0 Å². The number of benzene rings is 1. The van der Waals surface area contributed by atoms with Gasteiger partial charge in [-0.15, -0.1) is 0 Å². The van der Waals surface area contributed by atoms with E-state index in [4.69, 9.17) is 0 Å². The Morgan fingerprint density at radius 1 is 1.06 bits per heavy atom. The van der Waals surface area contributed by atoms with Crippen molar-refractivity contribution in [3.63, 3.8) is 0 Å². The molecule has 0 atom stereocenters. The molecule has 4 amide bonds. The Morgan fingerprint density at radius 2 is 1.74 bits per heavy atom. The molecule has 2 aromatic rings. The number of rotatable bonds is 4. The van der Waals surface area contributed by atoms with E-state index >= 15 is 0 Å². The van der Waals surface area contributed by atoms with Crippen LogP contribution in [0.25, 0.3) is 0 Å². The van der Waals surface area contributed by atoms with Gasteiger partial charge in [0.2, 0.25) is 5.91 Å². The van der Waals surface area contributed by atoms with Crippen molar-refractivity contribution >= 4 is 23.5 Å². The van der Waals surface area contributed by atoms with Gasteiger partial charge >= 0.3 is 6.03 Å². The summed E-state index contributed by atoms with van der Waals surface area (Å²) in [6.45, 7) is 4.40. The molecule has 1 aromatic carbocycles. The molecule has 1 aromatic heterocycles. The molecule has 2 aliphatic heterocycles. The van der Waals surface area contributed by atoms with Crippen molar-refractivity contribution in [1.29, 1.82) is 0 Å². The van der Waals surface area contributed by atoms with Crippen molar-refractivity contribution in [1.82, 2.24) is 19.4 Å². The Kier molecular flexibility index (Phi) is 5.58. The standard InChI is InChI=1S/C22H25N5O4/c1-15-16(2)23-14-25(21(15)30)12-19(28)24-10-8-17(9-11-24)26-13-20(29)27(22(26)31)18-6-4-3-5-7-18/h3-7,14,17H,8-13H2,1-2H3. The van der Waals surface area contributed by atoms with Crippen molar-refractivity contribution in [3.8, 4) is 0 Å². The van der Waals surface area contributed by atoms with E-state index in [0.717, 1.165) is 0 Å². The van der Waals surface area contributed by atoms with Crippen molar-refractivity contribution in [2.45, 2.75) is 39.3 Å². The molecule has 9 nitrogen and oxygen atoms in total. The second-order valence-electron chi connectivity index (χ2n) is 7.98. The SMILES string of the molecule is Cc1ncn(CC(=O)N2CCC(N3CC(=O)N(c4ccccc4)C3=O)CC2)c(=O)c1C. The highest BCUT2D eigenvalue weighted by atomic mass is 16.2. The van der Waals surface area contributed by atoms with Crippen molar-refractivity contribution in [3.05, 3.63) is 58.3 Å². The number of likely N-dealkylation sites (tertiary alicyclic amines) is 1. The summed E-state index contributed by atoms with van der Waals surface area (Å²) in [5.41, 5.74) is 1.55. The lowest BCUT2D eigenvalue weighted by atomic mass is 10.0. The highest BCUT2D eigenvalue weighted by molar-refractivity contribution is 6.19. The van der Waals surface area contributed by atoms with E-state index in [1.54, 1.807) is 47.9 Å². The van der Waals surface area contributed by atoms with Crippen LogP contribution < -0.4 is 10.5 Å². The van der Waals surface area contributed by atoms with Crippen molar-refractivity contribution < 1.29 is 14.4 Å². The second kappa shape index (κ2) is 8.33. The van der Waals surface area contributed by atoms with Crippen LogP contribution in [0.4, 0.5) is 10.5 Å². The molecule has 0 unspecified atom stereocenters. The van der Waals surface area contributed by atoms with Crippen LogP contribution in [-0.2, 0) is 16.1 Å². The fraction of sp³-hybridized carbons (Fsp3) is 0.409. The van der Waals surface area contributed by atoms with E-state index in [1.165, 1.54) is 15.8 Å². The molecule has 4 rings (SSSR count). The van der Waals surface area contributed by atoms with Gasteiger partial charge in [-0.25, -0.2) is 14.7 Å². The number of aromatic nitrogens is 2. The van der Waals surface area contributed by atoms with Gasteiger partial charge in [0.25, 0.3) is 11.5 Å². The molecule has 2 aliphatic rings. The topological polar surface area (TPSA) is 95.8 Å². The Balaban J connectivity index is 1.37. The van der Waals surface area contributed by atoms with Crippen LogP contribution in [0, 0.1) is 13.8 Å². The van der Waals surface area contributed by atoms with Gasteiger partial charge in [0.15, 0.2) is 0 Å². The normalized spacial score (nSPS) is 17.5. The lowest BCUT2D eigenvalue weighted by Gasteiger charge is -2.36. The van der Waals surface area contributed by atoms with Gasteiger partial charge in [0, 0.05) is 30.4 Å². The molecule has 2 saturated heterocycles. The predicted octanol–water partition coefficient (Wildman–Crippen LogP) is 1.32. The lowest BCUT2D eigenvalue weighted by molar-refractivity contribution is -0.133. The first-order valence-corrected chi connectivity index (χ1v) is 10.4. The maximum Gasteiger partial charge on any atom is 0.332 e. The summed E-state index contributed by atoms with van der Waals surface area (Å²) in [7, 11) is 0. The van der Waals surface area contributed by atoms with Crippen LogP contribution in [0.15, 0.2) is 41.5 Å². The fourth-order valence-corrected chi connectivity index (χ4v) is 4.10. The molecule has 0 saturated carbocycles. The molecule has 162 valence electrons. The maximum absolute atomic E-state index is 12.9. The van der Waals surface area contributed by atoms with Gasteiger partial charge in [-0.3, -0.25) is 19.0 Å². The molecule has 0 N–H and O–H groups in total. The van der Waals surface area contributed by atoms with Crippen molar-refractivity contribution in [2.75, 3.05) is 24.5 Å². The minimum atomic E-state index is -0.311. The summed E-state index contributed by atoms with van der Waals surface area (Å²) in [5, 5.41) is 0. The largest absolute Gasteiger partial charge is 0.341 e. The Morgan fingerprint density at radius 3 is 2.42 bits per heavy atom. The number of piperidine rings is 1. The number of amides is 4. The van der Waals surface area contributed by atoms with E-state index in [9.17, 15) is 19.2 Å². The predicted molar refractivity (Wildman–Crippen MR) is 114 cm³/mol. The molecular formula is C22H25N5O4. The van der Waals surface area contributed by atoms with E-state index in [2.05, 4.69) is 4.98 Å². The van der Waals surface area contributed by atoms with Gasteiger partial charge in [-0.1, -0.05) is 18.2 Å². The number of carbonyl (C=O) groups is 3. The summed E-state index contributed by atoms with van der Waals surface area (Å²) < 4.78 is 1.33. The Labute approximate surface area is 179 Å². The molecule has 0 radical (unpaired) electrons. The lowest BCUT2D eigenvalue weighted by Crippen LogP contribution is -2.49. The minimum absolute atomic E-state index is 0.0516. The molecule has 0 bridgehead atoms. The first kappa shape index (κ1) is 20.8. The van der Waals surface area contributed by atoms with E-state index in [1.807, 2.05) is 6.07 Å².